The second-order valence-corrected chi connectivity index (χ2v) is 5.61. The van der Waals surface area contributed by atoms with E-state index in [0.29, 0.717) is 12.3 Å². The maximum Gasteiger partial charge on any atom is 0.220 e. The van der Waals surface area contributed by atoms with Crippen LogP contribution in [0.4, 0.5) is 0 Å². The molecule has 0 saturated heterocycles. The van der Waals surface area contributed by atoms with E-state index in [0.717, 1.165) is 24.0 Å². The number of rotatable bonds is 7. The third-order valence-electron chi connectivity index (χ3n) is 3.63. The van der Waals surface area contributed by atoms with Crippen molar-refractivity contribution in [2.45, 2.75) is 26.2 Å². The summed E-state index contributed by atoms with van der Waals surface area (Å²) in [7, 11) is 0. The molecule has 0 aliphatic carbocycles. The van der Waals surface area contributed by atoms with Crippen LogP contribution in [0.2, 0.25) is 0 Å². The molecule has 0 bridgehead atoms. The Morgan fingerprint density at radius 1 is 1.30 bits per heavy atom. The minimum Gasteiger partial charge on any atom is -0.343 e. The van der Waals surface area contributed by atoms with Crippen LogP contribution in [0.25, 0.3) is 11.1 Å². The van der Waals surface area contributed by atoms with Crippen molar-refractivity contribution in [3.05, 3.63) is 48.5 Å². The van der Waals surface area contributed by atoms with Crippen molar-refractivity contribution in [3.8, 4) is 17.2 Å². The number of carbonyl (C=O) groups excluding carboxylic acids is 1. The van der Waals surface area contributed by atoms with Gasteiger partial charge in [-0.15, -0.1) is 0 Å². The first-order chi connectivity index (χ1) is 11.2. The predicted molar refractivity (Wildman–Crippen MR) is 88.2 cm³/mol. The number of hydrogen-bond donors (Lipinski definition) is 1. The molecule has 5 nitrogen and oxygen atoms in total. The second-order valence-electron chi connectivity index (χ2n) is 5.61. The molecule has 1 aromatic heterocycles. The van der Waals surface area contributed by atoms with Gasteiger partial charge in [0, 0.05) is 24.4 Å². The number of aromatic nitrogens is 2. The van der Waals surface area contributed by atoms with Crippen molar-refractivity contribution >= 4 is 5.91 Å². The zero-order chi connectivity index (χ0) is 16.5. The Labute approximate surface area is 136 Å². The third-order valence-corrected chi connectivity index (χ3v) is 3.63. The first-order valence-corrected chi connectivity index (χ1v) is 7.67. The third kappa shape index (κ3) is 5.51. The highest BCUT2D eigenvalue weighted by Gasteiger charge is 2.08. The van der Waals surface area contributed by atoms with Gasteiger partial charge in [-0.2, -0.15) is 5.26 Å². The molecule has 1 N–H and O–H groups in total. The van der Waals surface area contributed by atoms with Gasteiger partial charge in [0.25, 0.3) is 0 Å². The Hall–Kier alpha value is -2.74. The van der Waals surface area contributed by atoms with Crippen molar-refractivity contribution in [1.82, 2.24) is 15.3 Å². The van der Waals surface area contributed by atoms with Gasteiger partial charge in [0.05, 0.1) is 6.07 Å². The molecule has 1 amide bonds. The number of hydrogen-bond acceptors (Lipinski definition) is 4. The SMILES string of the molecule is CC(CCC(=O)NCC#N)Cc1cccc(-c2cncnc2)c1. The molecule has 1 atom stereocenters. The van der Waals surface area contributed by atoms with E-state index >= 15 is 0 Å². The van der Waals surface area contributed by atoms with Gasteiger partial charge in [0.15, 0.2) is 0 Å². The van der Waals surface area contributed by atoms with E-state index in [2.05, 4.69) is 34.3 Å². The van der Waals surface area contributed by atoms with Crippen LogP contribution in [0.15, 0.2) is 43.0 Å². The maximum atomic E-state index is 11.5. The summed E-state index contributed by atoms with van der Waals surface area (Å²) in [4.78, 5) is 19.6. The van der Waals surface area contributed by atoms with E-state index in [1.165, 1.54) is 11.9 Å². The highest BCUT2D eigenvalue weighted by atomic mass is 16.1. The zero-order valence-corrected chi connectivity index (χ0v) is 13.2. The normalized spacial score (nSPS) is 11.5. The van der Waals surface area contributed by atoms with Crippen LogP contribution in [-0.2, 0) is 11.2 Å². The topological polar surface area (TPSA) is 78.7 Å². The Kier molecular flexibility index (Phi) is 6.25. The first-order valence-electron chi connectivity index (χ1n) is 7.67. The summed E-state index contributed by atoms with van der Waals surface area (Å²) < 4.78 is 0. The highest BCUT2D eigenvalue weighted by Crippen LogP contribution is 2.21. The van der Waals surface area contributed by atoms with Gasteiger partial charge in [0.2, 0.25) is 5.91 Å². The lowest BCUT2D eigenvalue weighted by molar-refractivity contribution is -0.121. The Bertz CT molecular complexity index is 679. The molecule has 0 radical (unpaired) electrons. The first kappa shape index (κ1) is 16.6. The molecular weight excluding hydrogens is 288 g/mol. The van der Waals surface area contributed by atoms with Crippen molar-refractivity contribution in [2.24, 2.45) is 5.92 Å². The van der Waals surface area contributed by atoms with E-state index in [1.54, 1.807) is 12.4 Å². The minimum absolute atomic E-state index is 0.0615. The Morgan fingerprint density at radius 2 is 2.09 bits per heavy atom. The van der Waals surface area contributed by atoms with Gasteiger partial charge in [-0.3, -0.25) is 4.79 Å². The van der Waals surface area contributed by atoms with E-state index < -0.39 is 0 Å². The highest BCUT2D eigenvalue weighted by molar-refractivity contribution is 5.76. The molecule has 1 aromatic carbocycles. The van der Waals surface area contributed by atoms with Crippen molar-refractivity contribution < 1.29 is 4.79 Å². The van der Waals surface area contributed by atoms with Gasteiger partial charge in [-0.1, -0.05) is 31.2 Å². The zero-order valence-electron chi connectivity index (χ0n) is 13.2. The number of benzene rings is 1. The lowest BCUT2D eigenvalue weighted by Gasteiger charge is -2.12. The summed E-state index contributed by atoms with van der Waals surface area (Å²) in [6.07, 6.45) is 7.29. The van der Waals surface area contributed by atoms with Crippen molar-refractivity contribution in [2.75, 3.05) is 6.54 Å². The Morgan fingerprint density at radius 3 is 2.83 bits per heavy atom. The molecule has 1 unspecified atom stereocenters. The number of carbonyl (C=O) groups is 1. The van der Waals surface area contributed by atoms with Crippen LogP contribution in [0.1, 0.15) is 25.3 Å². The van der Waals surface area contributed by atoms with Crippen LogP contribution >= 0.6 is 0 Å². The molecule has 23 heavy (non-hydrogen) atoms. The second kappa shape index (κ2) is 8.64. The minimum atomic E-state index is -0.0615. The molecular formula is C18H20N4O. The molecule has 0 fully saturated rings. The van der Waals surface area contributed by atoms with Crippen LogP contribution in [-0.4, -0.2) is 22.4 Å². The van der Waals surface area contributed by atoms with Gasteiger partial charge in [0.1, 0.15) is 12.9 Å². The van der Waals surface area contributed by atoms with Crippen LogP contribution in [0, 0.1) is 17.2 Å². The molecule has 5 heteroatoms. The maximum absolute atomic E-state index is 11.5. The largest absolute Gasteiger partial charge is 0.343 e. The molecule has 0 spiro atoms. The standard InChI is InChI=1S/C18H20N4O/c1-14(5-6-18(23)22-8-7-19)9-15-3-2-4-16(10-15)17-11-20-13-21-12-17/h2-4,10-14H,5-6,8-9H2,1H3,(H,22,23). The lowest BCUT2D eigenvalue weighted by atomic mass is 9.94. The molecule has 1 heterocycles. The smallest absolute Gasteiger partial charge is 0.220 e. The van der Waals surface area contributed by atoms with Crippen molar-refractivity contribution in [3.63, 3.8) is 0 Å². The average Bonchev–Trinajstić information content (AvgIpc) is 2.59. The number of amides is 1. The molecule has 0 saturated carbocycles. The molecule has 2 aromatic rings. The van der Waals surface area contributed by atoms with Crippen molar-refractivity contribution in [1.29, 1.82) is 5.26 Å². The fourth-order valence-corrected chi connectivity index (χ4v) is 2.43. The number of nitrogens with one attached hydrogen (secondary N) is 1. The lowest BCUT2D eigenvalue weighted by Crippen LogP contribution is -2.23. The van der Waals surface area contributed by atoms with Gasteiger partial charge >= 0.3 is 0 Å². The monoisotopic (exact) mass is 308 g/mol. The summed E-state index contributed by atoms with van der Waals surface area (Å²) in [6.45, 7) is 2.21. The molecule has 0 aliphatic heterocycles. The molecule has 0 aliphatic rings. The average molecular weight is 308 g/mol. The molecule has 118 valence electrons. The van der Waals surface area contributed by atoms with Gasteiger partial charge < -0.3 is 5.32 Å². The summed E-state index contributed by atoms with van der Waals surface area (Å²) in [6, 6.07) is 10.2. The fraction of sp³-hybridized carbons (Fsp3) is 0.333. The van der Waals surface area contributed by atoms with E-state index in [9.17, 15) is 4.79 Å². The van der Waals surface area contributed by atoms with E-state index in [1.807, 2.05) is 18.2 Å². The quantitative estimate of drug-likeness (QED) is 0.798. The summed E-state index contributed by atoms with van der Waals surface area (Å²) in [5, 5.41) is 11.0. The van der Waals surface area contributed by atoms with Crippen LogP contribution < -0.4 is 5.32 Å². The van der Waals surface area contributed by atoms with Gasteiger partial charge in [-0.25, -0.2) is 9.97 Å². The summed E-state index contributed by atoms with van der Waals surface area (Å²) in [5.74, 6) is 0.332. The van der Waals surface area contributed by atoms with Crippen LogP contribution in [0.3, 0.4) is 0 Å². The number of nitrogens with zero attached hydrogens (tertiary/aromatic N) is 3. The van der Waals surface area contributed by atoms with E-state index in [4.69, 9.17) is 5.26 Å². The van der Waals surface area contributed by atoms with Crippen LogP contribution in [0.5, 0.6) is 0 Å². The number of nitriles is 1. The van der Waals surface area contributed by atoms with E-state index in [-0.39, 0.29) is 12.5 Å². The summed E-state index contributed by atoms with van der Waals surface area (Å²) in [5.41, 5.74) is 3.33. The summed E-state index contributed by atoms with van der Waals surface area (Å²) >= 11 is 0. The predicted octanol–water partition coefficient (Wildman–Crippen LogP) is 2.74. The fourth-order valence-electron chi connectivity index (χ4n) is 2.43. The molecule has 2 rings (SSSR count). The Balaban J connectivity index is 1.90. The van der Waals surface area contributed by atoms with Gasteiger partial charge in [-0.05, 0) is 29.9 Å².